The summed E-state index contributed by atoms with van der Waals surface area (Å²) < 4.78 is 8.88. The van der Waals surface area contributed by atoms with Crippen molar-refractivity contribution in [3.05, 3.63) is 0 Å². The number of hydrogen-bond acceptors (Lipinski definition) is 3. The molecule has 7 heavy (non-hydrogen) atoms. The Labute approximate surface area is 39.4 Å². The molecule has 0 aliphatic heterocycles. The molecule has 0 aliphatic carbocycles. The van der Waals surface area contributed by atoms with Gasteiger partial charge in [-0.05, 0) is 0 Å². The summed E-state index contributed by atoms with van der Waals surface area (Å²) in [5.41, 5.74) is 0. The van der Waals surface area contributed by atoms with Crippen LogP contribution in [-0.2, 0) is 4.57 Å². The summed E-state index contributed by atoms with van der Waals surface area (Å²) in [4.78, 5) is 21.6. The quantitative estimate of drug-likeness (QED) is 0.199. The second kappa shape index (κ2) is 4.20. The maximum Gasteiger partial charge on any atom is 0.466 e. The second-order valence-corrected chi connectivity index (χ2v) is 1.54. The molecule has 6 nitrogen and oxygen atoms in total. The predicted octanol–water partition coefficient (Wildman–Crippen LogP) is -1.59. The van der Waals surface area contributed by atoms with Crippen molar-refractivity contribution < 1.29 is 24.5 Å². The van der Waals surface area contributed by atoms with E-state index in [0.29, 0.717) is 0 Å². The standard InChI is InChI=1S/H3NO.H3O4P/c1-2;1-5(2,3)4/h2H,1H2;(H3,1,2,3,4). The summed E-state index contributed by atoms with van der Waals surface area (Å²) in [5.74, 6) is 3.50. The van der Waals surface area contributed by atoms with Crippen LogP contribution in [0.4, 0.5) is 0 Å². The lowest BCUT2D eigenvalue weighted by molar-refractivity contribution is 0.275. The van der Waals surface area contributed by atoms with Crippen molar-refractivity contribution in [2.45, 2.75) is 0 Å². The van der Waals surface area contributed by atoms with Crippen LogP contribution in [-0.4, -0.2) is 19.9 Å². The second-order valence-electron chi connectivity index (χ2n) is 0.513. The van der Waals surface area contributed by atoms with E-state index in [1.54, 1.807) is 0 Å². The highest BCUT2D eigenvalue weighted by atomic mass is 31.2. The molecular formula is H6NO5P. The zero-order valence-corrected chi connectivity index (χ0v) is 4.12. The Morgan fingerprint density at radius 3 is 1.14 bits per heavy atom. The lowest BCUT2D eigenvalue weighted by Crippen LogP contribution is -1.72. The fourth-order valence-corrected chi connectivity index (χ4v) is 0. The van der Waals surface area contributed by atoms with Crippen LogP contribution >= 0.6 is 7.82 Å². The van der Waals surface area contributed by atoms with Gasteiger partial charge in [-0.15, -0.1) is 0 Å². The van der Waals surface area contributed by atoms with Gasteiger partial charge >= 0.3 is 7.82 Å². The molecule has 0 amide bonds. The molecule has 0 aromatic carbocycles. The van der Waals surface area contributed by atoms with Gasteiger partial charge in [-0.1, -0.05) is 0 Å². The topological polar surface area (TPSA) is 124 Å². The number of phosphoric acid groups is 1. The van der Waals surface area contributed by atoms with Crippen LogP contribution < -0.4 is 5.90 Å². The molecule has 6 N–H and O–H groups in total. The molecule has 0 aromatic rings. The molecule has 0 radical (unpaired) electrons. The van der Waals surface area contributed by atoms with Crippen molar-refractivity contribution in [3.8, 4) is 0 Å². The molecule has 0 unspecified atom stereocenters. The highest BCUT2D eigenvalue weighted by Crippen LogP contribution is 2.25. The van der Waals surface area contributed by atoms with Gasteiger partial charge in [0.05, 0.1) is 0 Å². The van der Waals surface area contributed by atoms with Gasteiger partial charge in [-0.25, -0.2) is 10.5 Å². The Kier molecular flexibility index (Phi) is 6.06. The normalized spacial score (nSPS) is 9.29. The zero-order chi connectivity index (χ0) is 6.50. The lowest BCUT2D eigenvalue weighted by Gasteiger charge is -1.82. The highest BCUT2D eigenvalue weighted by molar-refractivity contribution is 7.45. The first-order valence-corrected chi connectivity index (χ1v) is 2.61. The third-order valence-electron chi connectivity index (χ3n) is 0. The number of hydrogen-bond donors (Lipinski definition) is 5. The van der Waals surface area contributed by atoms with Gasteiger partial charge in [0.25, 0.3) is 0 Å². The van der Waals surface area contributed by atoms with Crippen LogP contribution in [0.25, 0.3) is 0 Å². The maximum atomic E-state index is 8.88. The van der Waals surface area contributed by atoms with E-state index in [0.717, 1.165) is 0 Å². The molecule has 0 aromatic heterocycles. The SMILES string of the molecule is NO.O=P(O)(O)O. The minimum absolute atomic E-state index is 3.50. The van der Waals surface area contributed by atoms with Crippen molar-refractivity contribution in [1.82, 2.24) is 0 Å². The summed E-state index contributed by atoms with van der Waals surface area (Å²) in [7, 11) is -4.64. The van der Waals surface area contributed by atoms with Gasteiger partial charge in [0.1, 0.15) is 0 Å². The number of nitrogens with two attached hydrogens (primary N) is 1. The molecule has 0 fully saturated rings. The summed E-state index contributed by atoms with van der Waals surface area (Å²) in [6.07, 6.45) is 0. The Morgan fingerprint density at radius 1 is 1.14 bits per heavy atom. The smallest absolute Gasteiger partial charge is 0.320 e. The minimum Gasteiger partial charge on any atom is -0.320 e. The van der Waals surface area contributed by atoms with E-state index < -0.39 is 7.82 Å². The largest absolute Gasteiger partial charge is 0.466 e. The predicted molar refractivity (Wildman–Crippen MR) is 20.2 cm³/mol. The van der Waals surface area contributed by atoms with Crippen molar-refractivity contribution in [2.24, 2.45) is 5.90 Å². The third-order valence-corrected chi connectivity index (χ3v) is 0. The molecule has 0 aliphatic rings. The summed E-state index contributed by atoms with van der Waals surface area (Å²) in [6, 6.07) is 0. The summed E-state index contributed by atoms with van der Waals surface area (Å²) in [6.45, 7) is 0. The van der Waals surface area contributed by atoms with Crippen LogP contribution in [0.5, 0.6) is 0 Å². The highest BCUT2D eigenvalue weighted by Gasteiger charge is 2.00. The Balaban J connectivity index is 0. The fourth-order valence-electron chi connectivity index (χ4n) is 0. The Bertz CT molecular complexity index is 54.2. The van der Waals surface area contributed by atoms with E-state index in [1.807, 2.05) is 0 Å². The molecule has 0 saturated heterocycles. The molecule has 0 atom stereocenters. The van der Waals surface area contributed by atoms with E-state index in [2.05, 4.69) is 5.90 Å². The fraction of sp³-hybridized carbons (Fsp3) is 0. The average molecular weight is 131 g/mol. The van der Waals surface area contributed by atoms with Gasteiger partial charge in [0.2, 0.25) is 0 Å². The first kappa shape index (κ1) is 10.1. The molecule has 0 bridgehead atoms. The van der Waals surface area contributed by atoms with Gasteiger partial charge in [0.15, 0.2) is 0 Å². The monoisotopic (exact) mass is 131 g/mol. The van der Waals surface area contributed by atoms with E-state index >= 15 is 0 Å². The maximum absolute atomic E-state index is 8.88. The van der Waals surface area contributed by atoms with Crippen LogP contribution in [0.3, 0.4) is 0 Å². The van der Waals surface area contributed by atoms with Crippen LogP contribution in [0, 0.1) is 0 Å². The van der Waals surface area contributed by atoms with Crippen LogP contribution in [0.1, 0.15) is 0 Å². The van der Waals surface area contributed by atoms with E-state index in [4.69, 9.17) is 24.5 Å². The number of rotatable bonds is 0. The van der Waals surface area contributed by atoms with Crippen molar-refractivity contribution in [1.29, 1.82) is 0 Å². The summed E-state index contributed by atoms with van der Waals surface area (Å²) >= 11 is 0. The first-order chi connectivity index (χ1) is 3.00. The van der Waals surface area contributed by atoms with E-state index in [-0.39, 0.29) is 0 Å². The van der Waals surface area contributed by atoms with Crippen LogP contribution in [0.15, 0.2) is 0 Å². The lowest BCUT2D eigenvalue weighted by atomic mass is 13.6. The Hall–Kier alpha value is 0.0300. The van der Waals surface area contributed by atoms with Crippen molar-refractivity contribution >= 4 is 7.82 Å². The molecular weight excluding hydrogens is 125 g/mol. The average Bonchev–Trinajstić information content (AvgIpc) is 1.36. The molecule has 0 rings (SSSR count). The van der Waals surface area contributed by atoms with Crippen molar-refractivity contribution in [3.63, 3.8) is 0 Å². The molecule has 0 spiro atoms. The van der Waals surface area contributed by atoms with Gasteiger partial charge in [-0.3, -0.25) is 0 Å². The molecule has 7 heteroatoms. The van der Waals surface area contributed by atoms with Gasteiger partial charge in [-0.2, -0.15) is 0 Å². The van der Waals surface area contributed by atoms with E-state index in [1.165, 1.54) is 0 Å². The third kappa shape index (κ3) is 109000. The Morgan fingerprint density at radius 2 is 1.14 bits per heavy atom. The minimum atomic E-state index is -4.64. The molecule has 46 valence electrons. The molecule has 0 heterocycles. The van der Waals surface area contributed by atoms with E-state index in [9.17, 15) is 0 Å². The van der Waals surface area contributed by atoms with Gasteiger partial charge < -0.3 is 19.9 Å². The van der Waals surface area contributed by atoms with Crippen LogP contribution in [0.2, 0.25) is 0 Å². The van der Waals surface area contributed by atoms with Gasteiger partial charge in [0, 0.05) is 0 Å². The molecule has 0 saturated carbocycles. The summed E-state index contributed by atoms with van der Waals surface area (Å²) in [5, 5.41) is 6.50. The zero-order valence-electron chi connectivity index (χ0n) is 3.22. The first-order valence-electron chi connectivity index (χ1n) is 1.04. The van der Waals surface area contributed by atoms with Crippen molar-refractivity contribution in [2.75, 3.05) is 0 Å².